The van der Waals surface area contributed by atoms with Gasteiger partial charge in [0, 0.05) is 16.4 Å². The second-order valence-electron chi connectivity index (χ2n) is 4.58. The molecule has 0 saturated heterocycles. The van der Waals surface area contributed by atoms with Crippen molar-refractivity contribution in [3.05, 3.63) is 45.6 Å². The van der Waals surface area contributed by atoms with Crippen molar-refractivity contribution in [2.24, 2.45) is 0 Å². The Morgan fingerprint density at radius 1 is 1.05 bits per heavy atom. The van der Waals surface area contributed by atoms with Crippen LogP contribution in [-0.2, 0) is 0 Å². The number of pyridine rings is 1. The van der Waals surface area contributed by atoms with Crippen molar-refractivity contribution in [2.45, 2.75) is 20.8 Å². The Morgan fingerprint density at radius 3 is 2.42 bits per heavy atom. The van der Waals surface area contributed by atoms with Gasteiger partial charge >= 0.3 is 0 Å². The Balaban J connectivity index is 2.32. The summed E-state index contributed by atoms with van der Waals surface area (Å²) in [6.07, 6.45) is 1.81. The Hall–Kier alpha value is -1.55. The summed E-state index contributed by atoms with van der Waals surface area (Å²) < 4.78 is 6.33. The quantitative estimate of drug-likeness (QED) is 0.902. The lowest BCUT2D eigenvalue weighted by molar-refractivity contribution is 0.411. The molecule has 0 saturated carbocycles. The van der Waals surface area contributed by atoms with Gasteiger partial charge in [-0.05, 0) is 71.6 Å². The van der Waals surface area contributed by atoms with Gasteiger partial charge in [-0.25, -0.2) is 4.98 Å². The third kappa shape index (κ3) is 3.07. The smallest absolute Gasteiger partial charge is 0.130 e. The highest BCUT2D eigenvalue weighted by molar-refractivity contribution is 9.10. The molecule has 0 unspecified atom stereocenters. The van der Waals surface area contributed by atoms with Gasteiger partial charge in [0.05, 0.1) is 7.11 Å². The maximum absolute atomic E-state index is 5.32. The van der Waals surface area contributed by atoms with Crippen LogP contribution < -0.4 is 10.1 Å². The average molecular weight is 321 g/mol. The molecule has 3 nitrogen and oxygen atoms in total. The number of ether oxygens (including phenoxy) is 1. The molecule has 2 rings (SSSR count). The number of anilines is 2. The number of hydrogen-bond donors (Lipinski definition) is 1. The standard InChI is InChI=1S/C15H17BrN2O/c1-9-7-15(17-8-12(9)16)18-13-5-11(3)14(19-4)6-10(13)2/h5-8H,1-4H3,(H,17,18). The minimum absolute atomic E-state index is 0.841. The van der Waals surface area contributed by atoms with Crippen molar-refractivity contribution in [1.82, 2.24) is 4.98 Å². The molecule has 0 spiro atoms. The van der Waals surface area contributed by atoms with Crippen molar-refractivity contribution in [2.75, 3.05) is 12.4 Å². The number of aryl methyl sites for hydroxylation is 3. The molecule has 0 amide bonds. The van der Waals surface area contributed by atoms with Crippen LogP contribution in [0.4, 0.5) is 11.5 Å². The average Bonchev–Trinajstić information content (AvgIpc) is 2.38. The van der Waals surface area contributed by atoms with Gasteiger partial charge in [0.15, 0.2) is 0 Å². The highest BCUT2D eigenvalue weighted by atomic mass is 79.9. The first-order valence-electron chi connectivity index (χ1n) is 6.05. The summed E-state index contributed by atoms with van der Waals surface area (Å²) >= 11 is 3.45. The van der Waals surface area contributed by atoms with E-state index in [1.807, 2.05) is 32.2 Å². The predicted molar refractivity (Wildman–Crippen MR) is 82.4 cm³/mol. The summed E-state index contributed by atoms with van der Waals surface area (Å²) in [4.78, 5) is 4.36. The normalized spacial score (nSPS) is 10.4. The molecule has 0 aliphatic carbocycles. The number of aromatic nitrogens is 1. The fourth-order valence-corrected chi connectivity index (χ4v) is 2.11. The Labute approximate surface area is 122 Å². The molecular formula is C15H17BrN2O. The molecule has 0 fully saturated rings. The van der Waals surface area contributed by atoms with Crippen molar-refractivity contribution < 1.29 is 4.74 Å². The first-order chi connectivity index (χ1) is 9.01. The number of rotatable bonds is 3. The molecular weight excluding hydrogens is 304 g/mol. The maximum Gasteiger partial charge on any atom is 0.130 e. The predicted octanol–water partition coefficient (Wildman–Crippen LogP) is 4.52. The molecule has 2 aromatic rings. The minimum Gasteiger partial charge on any atom is -0.496 e. The first-order valence-corrected chi connectivity index (χ1v) is 6.85. The molecule has 19 heavy (non-hydrogen) atoms. The largest absolute Gasteiger partial charge is 0.496 e. The summed E-state index contributed by atoms with van der Waals surface area (Å²) in [5.74, 6) is 1.75. The van der Waals surface area contributed by atoms with Crippen LogP contribution in [0.5, 0.6) is 5.75 Å². The third-order valence-electron chi connectivity index (χ3n) is 3.05. The van der Waals surface area contributed by atoms with Gasteiger partial charge in [-0.2, -0.15) is 0 Å². The topological polar surface area (TPSA) is 34.1 Å². The molecule has 1 aromatic heterocycles. The molecule has 0 aliphatic heterocycles. The van der Waals surface area contributed by atoms with E-state index in [1.165, 1.54) is 0 Å². The van der Waals surface area contributed by atoms with Gasteiger partial charge in [-0.1, -0.05) is 0 Å². The second kappa shape index (κ2) is 5.61. The van der Waals surface area contributed by atoms with Crippen LogP contribution in [-0.4, -0.2) is 12.1 Å². The number of hydrogen-bond acceptors (Lipinski definition) is 3. The Morgan fingerprint density at radius 2 is 1.79 bits per heavy atom. The summed E-state index contributed by atoms with van der Waals surface area (Å²) in [7, 11) is 1.69. The lowest BCUT2D eigenvalue weighted by Gasteiger charge is -2.13. The highest BCUT2D eigenvalue weighted by Gasteiger charge is 2.06. The molecule has 0 atom stereocenters. The van der Waals surface area contributed by atoms with Crippen LogP contribution in [0.25, 0.3) is 0 Å². The minimum atomic E-state index is 0.841. The third-order valence-corrected chi connectivity index (χ3v) is 3.88. The highest BCUT2D eigenvalue weighted by Crippen LogP contribution is 2.28. The van der Waals surface area contributed by atoms with Crippen LogP contribution in [0.1, 0.15) is 16.7 Å². The SMILES string of the molecule is COc1cc(C)c(Nc2cc(C)c(Br)cn2)cc1C. The van der Waals surface area contributed by atoms with Crippen molar-refractivity contribution in [3.8, 4) is 5.75 Å². The van der Waals surface area contributed by atoms with Gasteiger partial charge < -0.3 is 10.1 Å². The Kier molecular flexibility index (Phi) is 4.10. The Bertz CT molecular complexity index is 611. The van der Waals surface area contributed by atoms with Gasteiger partial charge in [0.1, 0.15) is 11.6 Å². The summed E-state index contributed by atoms with van der Waals surface area (Å²) in [5, 5.41) is 3.34. The maximum atomic E-state index is 5.32. The zero-order valence-corrected chi connectivity index (χ0v) is 13.1. The first kappa shape index (κ1) is 13.9. The number of methoxy groups -OCH3 is 1. The molecule has 0 radical (unpaired) electrons. The van der Waals surface area contributed by atoms with Gasteiger partial charge in [-0.3, -0.25) is 0 Å². The summed E-state index contributed by atoms with van der Waals surface area (Å²) in [6.45, 7) is 6.13. The molecule has 0 bridgehead atoms. The zero-order valence-electron chi connectivity index (χ0n) is 11.5. The van der Waals surface area contributed by atoms with Gasteiger partial charge in [0.25, 0.3) is 0 Å². The van der Waals surface area contributed by atoms with E-state index in [9.17, 15) is 0 Å². The summed E-state index contributed by atoms with van der Waals surface area (Å²) in [5.41, 5.74) is 4.43. The molecule has 1 aromatic carbocycles. The fourth-order valence-electron chi connectivity index (χ4n) is 1.89. The number of nitrogens with one attached hydrogen (secondary N) is 1. The molecule has 4 heteroatoms. The summed E-state index contributed by atoms with van der Waals surface area (Å²) in [6, 6.07) is 6.12. The van der Waals surface area contributed by atoms with Crippen LogP contribution >= 0.6 is 15.9 Å². The van der Waals surface area contributed by atoms with Crippen molar-refractivity contribution in [1.29, 1.82) is 0 Å². The van der Waals surface area contributed by atoms with Crippen LogP contribution in [0, 0.1) is 20.8 Å². The van der Waals surface area contributed by atoms with Crippen LogP contribution in [0.15, 0.2) is 28.9 Å². The van der Waals surface area contributed by atoms with E-state index in [2.05, 4.69) is 39.2 Å². The number of benzene rings is 1. The van der Waals surface area contributed by atoms with Crippen LogP contribution in [0.3, 0.4) is 0 Å². The monoisotopic (exact) mass is 320 g/mol. The second-order valence-corrected chi connectivity index (χ2v) is 5.43. The van der Waals surface area contributed by atoms with Gasteiger partial charge in [0.2, 0.25) is 0 Å². The molecule has 1 heterocycles. The van der Waals surface area contributed by atoms with Crippen LogP contribution in [0.2, 0.25) is 0 Å². The van der Waals surface area contributed by atoms with E-state index >= 15 is 0 Å². The van der Waals surface area contributed by atoms with E-state index in [4.69, 9.17) is 4.74 Å². The van der Waals surface area contributed by atoms with E-state index in [1.54, 1.807) is 7.11 Å². The number of nitrogens with zero attached hydrogens (tertiary/aromatic N) is 1. The van der Waals surface area contributed by atoms with Gasteiger partial charge in [-0.15, -0.1) is 0 Å². The van der Waals surface area contributed by atoms with Crippen molar-refractivity contribution >= 4 is 27.4 Å². The van der Waals surface area contributed by atoms with E-state index < -0.39 is 0 Å². The number of halogens is 1. The van der Waals surface area contributed by atoms with E-state index in [0.717, 1.165) is 38.4 Å². The lowest BCUT2D eigenvalue weighted by atomic mass is 10.1. The molecule has 100 valence electrons. The van der Waals surface area contributed by atoms with E-state index in [-0.39, 0.29) is 0 Å². The zero-order chi connectivity index (χ0) is 14.0. The van der Waals surface area contributed by atoms with E-state index in [0.29, 0.717) is 0 Å². The fraction of sp³-hybridized carbons (Fsp3) is 0.267. The van der Waals surface area contributed by atoms with Crippen molar-refractivity contribution in [3.63, 3.8) is 0 Å². The lowest BCUT2D eigenvalue weighted by Crippen LogP contribution is -1.98. The molecule has 0 aliphatic rings. The molecule has 1 N–H and O–H groups in total.